The molecule has 2 rings (SSSR count). The van der Waals surface area contributed by atoms with E-state index in [1.54, 1.807) is 12.1 Å². The highest BCUT2D eigenvalue weighted by atomic mass is 16.5. The van der Waals surface area contributed by atoms with Crippen LogP contribution < -0.4 is 9.47 Å². The molecule has 0 spiro atoms. The van der Waals surface area contributed by atoms with Crippen LogP contribution in [0.1, 0.15) is 11.1 Å². The fourth-order valence-corrected chi connectivity index (χ4v) is 1.61. The highest BCUT2D eigenvalue weighted by Gasteiger charge is 2.03. The van der Waals surface area contributed by atoms with Crippen molar-refractivity contribution in [2.24, 2.45) is 0 Å². The maximum Gasteiger partial charge on any atom is 0.160 e. The van der Waals surface area contributed by atoms with Gasteiger partial charge in [-0.25, -0.2) is 0 Å². The first-order valence-electron chi connectivity index (χ1n) is 5.74. The highest BCUT2D eigenvalue weighted by molar-refractivity contribution is 5.41. The Bertz CT molecular complexity index is 518. The lowest BCUT2D eigenvalue weighted by atomic mass is 10.2. The lowest BCUT2D eigenvalue weighted by Crippen LogP contribution is -1.96. The predicted octanol–water partition coefficient (Wildman–Crippen LogP) is 3.29. The summed E-state index contributed by atoms with van der Waals surface area (Å²) in [5.74, 6) is 1.42. The molecule has 0 unspecified atom stereocenters. The van der Waals surface area contributed by atoms with Crippen molar-refractivity contribution in [2.75, 3.05) is 7.11 Å². The fraction of sp³-hybridized carbons (Fsp3) is 0.200. The molecule has 3 heteroatoms. The number of ether oxygens (including phenoxy) is 2. The average molecular weight is 244 g/mol. The second-order valence-corrected chi connectivity index (χ2v) is 4.11. The first-order valence-corrected chi connectivity index (χ1v) is 5.74. The van der Waals surface area contributed by atoms with E-state index in [0.717, 1.165) is 11.3 Å². The average Bonchev–Trinajstić information content (AvgIpc) is 2.39. The summed E-state index contributed by atoms with van der Waals surface area (Å²) in [6.07, 6.45) is 0. The molecule has 0 aliphatic rings. The van der Waals surface area contributed by atoms with Gasteiger partial charge in [0.2, 0.25) is 0 Å². The SMILES string of the molecule is COc1cc(COc2ccc(C)cc2)ccc1O. The number of rotatable bonds is 4. The van der Waals surface area contributed by atoms with Crippen LogP contribution >= 0.6 is 0 Å². The van der Waals surface area contributed by atoms with E-state index >= 15 is 0 Å². The molecule has 0 aliphatic carbocycles. The van der Waals surface area contributed by atoms with Gasteiger partial charge in [-0.2, -0.15) is 0 Å². The summed E-state index contributed by atoms with van der Waals surface area (Å²) in [6, 6.07) is 13.1. The molecular weight excluding hydrogens is 228 g/mol. The summed E-state index contributed by atoms with van der Waals surface area (Å²) >= 11 is 0. The molecule has 0 bridgehead atoms. The summed E-state index contributed by atoms with van der Waals surface area (Å²) in [4.78, 5) is 0. The van der Waals surface area contributed by atoms with Crippen LogP contribution in [0.2, 0.25) is 0 Å². The smallest absolute Gasteiger partial charge is 0.160 e. The second kappa shape index (κ2) is 5.45. The van der Waals surface area contributed by atoms with Gasteiger partial charge in [0.25, 0.3) is 0 Å². The topological polar surface area (TPSA) is 38.7 Å². The first kappa shape index (κ1) is 12.3. The van der Waals surface area contributed by atoms with Crippen LogP contribution in [0.5, 0.6) is 17.2 Å². The number of benzene rings is 2. The molecule has 0 amide bonds. The zero-order valence-corrected chi connectivity index (χ0v) is 10.5. The second-order valence-electron chi connectivity index (χ2n) is 4.11. The standard InChI is InChI=1S/C15H16O3/c1-11-3-6-13(7-4-11)18-10-12-5-8-14(16)15(9-12)17-2/h3-9,16H,10H2,1-2H3. The Balaban J connectivity index is 2.04. The molecule has 2 aromatic carbocycles. The quantitative estimate of drug-likeness (QED) is 0.897. The number of methoxy groups -OCH3 is 1. The van der Waals surface area contributed by atoms with Crippen LogP contribution in [0.15, 0.2) is 42.5 Å². The predicted molar refractivity (Wildman–Crippen MR) is 70.2 cm³/mol. The Morgan fingerprint density at radius 1 is 1.06 bits per heavy atom. The Morgan fingerprint density at radius 3 is 2.44 bits per heavy atom. The van der Waals surface area contributed by atoms with E-state index in [1.165, 1.54) is 12.7 Å². The van der Waals surface area contributed by atoms with E-state index in [4.69, 9.17) is 9.47 Å². The van der Waals surface area contributed by atoms with Gasteiger partial charge >= 0.3 is 0 Å². The van der Waals surface area contributed by atoms with Gasteiger partial charge in [0, 0.05) is 0 Å². The van der Waals surface area contributed by atoms with E-state index in [0.29, 0.717) is 12.4 Å². The molecular formula is C15H16O3. The van der Waals surface area contributed by atoms with Gasteiger partial charge in [0.05, 0.1) is 7.11 Å². The van der Waals surface area contributed by atoms with E-state index in [9.17, 15) is 5.11 Å². The largest absolute Gasteiger partial charge is 0.504 e. The van der Waals surface area contributed by atoms with Crippen LogP contribution in [0.4, 0.5) is 0 Å². The Morgan fingerprint density at radius 2 is 1.78 bits per heavy atom. The third kappa shape index (κ3) is 2.94. The molecule has 0 atom stereocenters. The van der Waals surface area contributed by atoms with E-state index < -0.39 is 0 Å². The van der Waals surface area contributed by atoms with Gasteiger partial charge < -0.3 is 14.6 Å². The molecule has 0 saturated heterocycles. The molecule has 0 fully saturated rings. The molecule has 94 valence electrons. The fourth-order valence-electron chi connectivity index (χ4n) is 1.61. The zero-order valence-electron chi connectivity index (χ0n) is 10.5. The minimum absolute atomic E-state index is 0.136. The maximum atomic E-state index is 9.48. The summed E-state index contributed by atoms with van der Waals surface area (Å²) < 4.78 is 10.7. The Hall–Kier alpha value is -2.16. The minimum atomic E-state index is 0.136. The molecule has 3 nitrogen and oxygen atoms in total. The molecule has 1 N–H and O–H groups in total. The van der Waals surface area contributed by atoms with Crippen molar-refractivity contribution in [1.29, 1.82) is 0 Å². The van der Waals surface area contributed by atoms with Gasteiger partial charge in [-0.3, -0.25) is 0 Å². The number of aromatic hydroxyl groups is 1. The normalized spacial score (nSPS) is 10.1. The van der Waals surface area contributed by atoms with Gasteiger partial charge in [0.15, 0.2) is 11.5 Å². The molecule has 0 aromatic heterocycles. The summed E-state index contributed by atoms with van der Waals surface area (Å²) in [5.41, 5.74) is 2.15. The number of hydrogen-bond donors (Lipinski definition) is 1. The molecule has 18 heavy (non-hydrogen) atoms. The summed E-state index contributed by atoms with van der Waals surface area (Å²) in [6.45, 7) is 2.48. The van der Waals surface area contributed by atoms with Crippen LogP contribution in [-0.2, 0) is 6.61 Å². The van der Waals surface area contributed by atoms with Crippen LogP contribution in [-0.4, -0.2) is 12.2 Å². The number of phenols is 1. The number of phenolic OH excluding ortho intramolecular Hbond substituents is 1. The van der Waals surface area contributed by atoms with Gasteiger partial charge in [-0.15, -0.1) is 0 Å². The summed E-state index contributed by atoms with van der Waals surface area (Å²) in [7, 11) is 1.53. The summed E-state index contributed by atoms with van der Waals surface area (Å²) in [5, 5.41) is 9.48. The van der Waals surface area contributed by atoms with Crippen molar-refractivity contribution in [2.45, 2.75) is 13.5 Å². The number of aryl methyl sites for hydroxylation is 1. The van der Waals surface area contributed by atoms with Crippen LogP contribution in [0.3, 0.4) is 0 Å². The Labute approximate surface area is 107 Å². The van der Waals surface area contributed by atoms with Crippen molar-refractivity contribution < 1.29 is 14.6 Å². The minimum Gasteiger partial charge on any atom is -0.504 e. The van der Waals surface area contributed by atoms with Crippen molar-refractivity contribution in [1.82, 2.24) is 0 Å². The molecule has 0 saturated carbocycles. The monoisotopic (exact) mass is 244 g/mol. The lowest BCUT2D eigenvalue weighted by Gasteiger charge is -2.09. The molecule has 0 aliphatic heterocycles. The van der Waals surface area contributed by atoms with Crippen molar-refractivity contribution >= 4 is 0 Å². The molecule has 0 radical (unpaired) electrons. The van der Waals surface area contributed by atoms with E-state index in [1.807, 2.05) is 37.3 Å². The molecule has 2 aromatic rings. The third-order valence-corrected chi connectivity index (χ3v) is 2.67. The Kier molecular flexibility index (Phi) is 3.72. The van der Waals surface area contributed by atoms with Crippen LogP contribution in [0.25, 0.3) is 0 Å². The van der Waals surface area contributed by atoms with E-state index in [2.05, 4.69) is 0 Å². The highest BCUT2D eigenvalue weighted by Crippen LogP contribution is 2.26. The van der Waals surface area contributed by atoms with Crippen molar-refractivity contribution in [3.63, 3.8) is 0 Å². The van der Waals surface area contributed by atoms with E-state index in [-0.39, 0.29) is 5.75 Å². The zero-order chi connectivity index (χ0) is 13.0. The lowest BCUT2D eigenvalue weighted by molar-refractivity contribution is 0.304. The van der Waals surface area contributed by atoms with Crippen molar-refractivity contribution in [3.8, 4) is 17.2 Å². The van der Waals surface area contributed by atoms with Gasteiger partial charge in [-0.05, 0) is 36.8 Å². The third-order valence-electron chi connectivity index (χ3n) is 2.67. The van der Waals surface area contributed by atoms with Crippen molar-refractivity contribution in [3.05, 3.63) is 53.6 Å². The van der Waals surface area contributed by atoms with Gasteiger partial charge in [0.1, 0.15) is 12.4 Å². The van der Waals surface area contributed by atoms with Crippen LogP contribution in [0, 0.1) is 6.92 Å². The van der Waals surface area contributed by atoms with Gasteiger partial charge in [-0.1, -0.05) is 23.8 Å². The molecule has 0 heterocycles. The number of hydrogen-bond acceptors (Lipinski definition) is 3. The first-order chi connectivity index (χ1) is 8.69. The maximum absolute atomic E-state index is 9.48.